The Labute approximate surface area is 189 Å². The predicted molar refractivity (Wildman–Crippen MR) is 122 cm³/mol. The van der Waals surface area contributed by atoms with Crippen LogP contribution in [0.2, 0.25) is 0 Å². The highest BCUT2D eigenvalue weighted by atomic mass is 16.2. The highest BCUT2D eigenvalue weighted by molar-refractivity contribution is 6.01. The summed E-state index contributed by atoms with van der Waals surface area (Å²) in [6, 6.07) is 9.54. The molecule has 8 nitrogen and oxygen atoms in total. The maximum atomic E-state index is 12.9. The minimum atomic E-state index is -1.08. The maximum absolute atomic E-state index is 12.9. The van der Waals surface area contributed by atoms with Crippen molar-refractivity contribution in [2.24, 2.45) is 5.92 Å². The Kier molecular flexibility index (Phi) is 7.01. The average Bonchev–Trinajstić information content (AvgIpc) is 3.19. The number of aryl methyl sites for hydroxylation is 1. The number of hydrogen-bond donors (Lipinski definition) is 2. The van der Waals surface area contributed by atoms with E-state index < -0.39 is 5.54 Å². The van der Waals surface area contributed by atoms with Gasteiger partial charge in [0, 0.05) is 26.2 Å². The second-order valence-corrected chi connectivity index (χ2v) is 9.00. The van der Waals surface area contributed by atoms with Crippen LogP contribution in [0.25, 0.3) is 0 Å². The molecule has 3 rings (SSSR count). The first-order valence-electron chi connectivity index (χ1n) is 11.2. The molecule has 32 heavy (non-hydrogen) atoms. The molecule has 0 saturated heterocycles. The summed E-state index contributed by atoms with van der Waals surface area (Å²) < 4.78 is 1.47. The molecule has 2 N–H and O–H groups in total. The lowest BCUT2D eigenvalue weighted by Gasteiger charge is -2.40. The van der Waals surface area contributed by atoms with Crippen molar-refractivity contribution in [1.29, 1.82) is 0 Å². The Morgan fingerprint density at radius 3 is 2.44 bits per heavy atom. The molecule has 172 valence electrons. The number of likely N-dealkylation sites (N-methyl/N-ethyl adjacent to an activating group) is 1. The van der Waals surface area contributed by atoms with Gasteiger partial charge in [0.2, 0.25) is 5.91 Å². The summed E-state index contributed by atoms with van der Waals surface area (Å²) in [6.07, 6.45) is 1.82. The molecule has 2 aromatic rings. The van der Waals surface area contributed by atoms with Gasteiger partial charge in [0.15, 0.2) is 5.69 Å². The standard InChI is InChI=1S/C24H33N5O3/c1-6-17-7-9-18(10-8-17)14-26-21(30)19-13-20-22(31)28(5)24(4,15-29(20)27-19)23(32)25-12-11-16(2)3/h7-10,13,16H,6,11-12,14-15H2,1-5H3,(H,25,32)(H,26,30)/t24-/m0/s1. The second-order valence-electron chi connectivity index (χ2n) is 9.00. The second kappa shape index (κ2) is 9.54. The van der Waals surface area contributed by atoms with E-state index >= 15 is 0 Å². The Morgan fingerprint density at radius 1 is 1.16 bits per heavy atom. The largest absolute Gasteiger partial charge is 0.354 e. The zero-order chi connectivity index (χ0) is 23.5. The molecule has 0 fully saturated rings. The van der Waals surface area contributed by atoms with Gasteiger partial charge in [-0.2, -0.15) is 5.10 Å². The van der Waals surface area contributed by atoms with E-state index in [1.165, 1.54) is 21.2 Å². The maximum Gasteiger partial charge on any atom is 0.272 e. The van der Waals surface area contributed by atoms with Gasteiger partial charge in [-0.1, -0.05) is 45.0 Å². The lowest BCUT2D eigenvalue weighted by atomic mass is 9.95. The summed E-state index contributed by atoms with van der Waals surface area (Å²) in [6.45, 7) is 9.10. The van der Waals surface area contributed by atoms with Gasteiger partial charge >= 0.3 is 0 Å². The highest BCUT2D eigenvalue weighted by Crippen LogP contribution is 2.26. The van der Waals surface area contributed by atoms with Crippen LogP contribution in [0.3, 0.4) is 0 Å². The van der Waals surface area contributed by atoms with E-state index in [0.717, 1.165) is 18.4 Å². The number of aromatic nitrogens is 2. The molecule has 3 amide bonds. The van der Waals surface area contributed by atoms with E-state index in [4.69, 9.17) is 0 Å². The van der Waals surface area contributed by atoms with Crippen LogP contribution in [0.15, 0.2) is 30.3 Å². The molecule has 1 aliphatic heterocycles. The fourth-order valence-electron chi connectivity index (χ4n) is 3.67. The quantitative estimate of drug-likeness (QED) is 0.660. The first kappa shape index (κ1) is 23.5. The van der Waals surface area contributed by atoms with Gasteiger partial charge < -0.3 is 15.5 Å². The van der Waals surface area contributed by atoms with Crippen molar-refractivity contribution in [2.45, 2.75) is 59.2 Å². The molecule has 0 saturated carbocycles. The summed E-state index contributed by atoms with van der Waals surface area (Å²) >= 11 is 0. The summed E-state index contributed by atoms with van der Waals surface area (Å²) in [5.41, 5.74) is 1.61. The number of carbonyl (C=O) groups excluding carboxylic acids is 3. The third kappa shape index (κ3) is 4.84. The molecule has 1 aromatic carbocycles. The average molecular weight is 440 g/mol. The summed E-state index contributed by atoms with van der Waals surface area (Å²) in [5.74, 6) is -0.446. The van der Waals surface area contributed by atoms with Gasteiger partial charge in [0.1, 0.15) is 11.2 Å². The molecule has 0 radical (unpaired) electrons. The van der Waals surface area contributed by atoms with Gasteiger partial charge in [-0.25, -0.2) is 0 Å². The Bertz CT molecular complexity index is 996. The Balaban J connectivity index is 1.70. The molecule has 0 unspecified atom stereocenters. The van der Waals surface area contributed by atoms with Crippen LogP contribution in [0.1, 0.15) is 66.2 Å². The molecule has 1 atom stereocenters. The van der Waals surface area contributed by atoms with Crippen molar-refractivity contribution in [1.82, 2.24) is 25.3 Å². The highest BCUT2D eigenvalue weighted by Gasteiger charge is 2.46. The first-order chi connectivity index (χ1) is 15.2. The molecular weight excluding hydrogens is 406 g/mol. The van der Waals surface area contributed by atoms with E-state index in [2.05, 4.69) is 36.5 Å². The predicted octanol–water partition coefficient (Wildman–Crippen LogP) is 2.38. The zero-order valence-electron chi connectivity index (χ0n) is 19.6. The van der Waals surface area contributed by atoms with Crippen molar-refractivity contribution >= 4 is 17.7 Å². The van der Waals surface area contributed by atoms with Gasteiger partial charge in [0.05, 0.1) is 6.54 Å². The number of nitrogens with one attached hydrogen (secondary N) is 2. The molecule has 1 aromatic heterocycles. The minimum absolute atomic E-state index is 0.163. The van der Waals surface area contributed by atoms with Gasteiger partial charge in [-0.05, 0) is 36.8 Å². The fourth-order valence-corrected chi connectivity index (χ4v) is 3.67. The summed E-state index contributed by atoms with van der Waals surface area (Å²) in [4.78, 5) is 39.9. The number of fused-ring (bicyclic) bond motifs is 1. The van der Waals surface area contributed by atoms with E-state index in [1.54, 1.807) is 14.0 Å². The third-order valence-electron chi connectivity index (χ3n) is 6.11. The van der Waals surface area contributed by atoms with Crippen molar-refractivity contribution in [3.63, 3.8) is 0 Å². The monoisotopic (exact) mass is 439 g/mol. The third-order valence-corrected chi connectivity index (χ3v) is 6.11. The minimum Gasteiger partial charge on any atom is -0.354 e. The van der Waals surface area contributed by atoms with E-state index in [-0.39, 0.29) is 30.0 Å². The van der Waals surface area contributed by atoms with Crippen molar-refractivity contribution < 1.29 is 14.4 Å². The molecule has 1 aliphatic rings. The molecule has 2 heterocycles. The van der Waals surface area contributed by atoms with Crippen molar-refractivity contribution in [2.75, 3.05) is 13.6 Å². The molecule has 8 heteroatoms. The number of hydrogen-bond acceptors (Lipinski definition) is 4. The van der Waals surface area contributed by atoms with Crippen LogP contribution in [-0.4, -0.2) is 51.5 Å². The van der Waals surface area contributed by atoms with Gasteiger partial charge in [-0.3, -0.25) is 19.1 Å². The van der Waals surface area contributed by atoms with Gasteiger partial charge in [0.25, 0.3) is 11.8 Å². The summed E-state index contributed by atoms with van der Waals surface area (Å²) in [5, 5.41) is 10.1. The van der Waals surface area contributed by atoms with Crippen LogP contribution in [0.4, 0.5) is 0 Å². The number of nitrogens with zero attached hydrogens (tertiary/aromatic N) is 3. The Hall–Kier alpha value is -3.16. The lowest BCUT2D eigenvalue weighted by molar-refractivity contribution is -0.132. The van der Waals surface area contributed by atoms with Crippen LogP contribution in [0, 0.1) is 5.92 Å². The Morgan fingerprint density at radius 2 is 1.81 bits per heavy atom. The van der Waals surface area contributed by atoms with Crippen LogP contribution in [-0.2, 0) is 24.3 Å². The van der Waals surface area contributed by atoms with E-state index in [1.807, 2.05) is 24.3 Å². The van der Waals surface area contributed by atoms with Gasteiger partial charge in [-0.15, -0.1) is 0 Å². The smallest absolute Gasteiger partial charge is 0.272 e. The number of amides is 3. The number of carbonyl (C=O) groups is 3. The normalized spacial score (nSPS) is 17.9. The molecule has 0 aliphatic carbocycles. The van der Waals surface area contributed by atoms with E-state index in [9.17, 15) is 14.4 Å². The van der Waals surface area contributed by atoms with Crippen molar-refractivity contribution in [3.8, 4) is 0 Å². The molecule has 0 spiro atoms. The molecular formula is C24H33N5O3. The summed E-state index contributed by atoms with van der Waals surface area (Å²) in [7, 11) is 1.61. The lowest BCUT2D eigenvalue weighted by Crippen LogP contribution is -2.62. The number of benzene rings is 1. The van der Waals surface area contributed by atoms with E-state index in [0.29, 0.717) is 24.7 Å². The zero-order valence-corrected chi connectivity index (χ0v) is 19.6. The first-order valence-corrected chi connectivity index (χ1v) is 11.2. The fraction of sp³-hybridized carbons (Fsp3) is 0.500. The topological polar surface area (TPSA) is 96.3 Å². The molecule has 0 bridgehead atoms. The van der Waals surface area contributed by atoms with Crippen LogP contribution < -0.4 is 10.6 Å². The number of rotatable bonds is 8. The van der Waals surface area contributed by atoms with Crippen LogP contribution in [0.5, 0.6) is 0 Å². The van der Waals surface area contributed by atoms with Crippen molar-refractivity contribution in [3.05, 3.63) is 52.8 Å². The van der Waals surface area contributed by atoms with Crippen LogP contribution >= 0.6 is 0 Å². The SMILES string of the molecule is CCc1ccc(CNC(=O)c2cc3n(n2)C[C@@](C)(C(=O)NCCC(C)C)N(C)C3=O)cc1.